The summed E-state index contributed by atoms with van der Waals surface area (Å²) < 4.78 is 14.8. The number of anilines is 2. The maximum Gasteiger partial charge on any atom is 0.216 e. The lowest BCUT2D eigenvalue weighted by atomic mass is 10.1. The summed E-state index contributed by atoms with van der Waals surface area (Å²) in [6, 6.07) is 11.0. The number of H-pyrrole nitrogens is 1. The van der Waals surface area contributed by atoms with Crippen LogP contribution in [0.15, 0.2) is 54.9 Å². The highest BCUT2D eigenvalue weighted by molar-refractivity contribution is 5.53. The predicted octanol–water partition coefficient (Wildman–Crippen LogP) is 2.42. The van der Waals surface area contributed by atoms with Crippen molar-refractivity contribution in [2.45, 2.75) is 6.10 Å². The Labute approximate surface area is 135 Å². The van der Waals surface area contributed by atoms with Gasteiger partial charge in [0.2, 0.25) is 5.95 Å². The molecular formula is C16H13FN6O. The Morgan fingerprint density at radius 1 is 1.12 bits per heavy atom. The highest BCUT2D eigenvalue weighted by Crippen LogP contribution is 2.22. The number of halogens is 1. The summed E-state index contributed by atoms with van der Waals surface area (Å²) in [4.78, 5) is 8.76. The van der Waals surface area contributed by atoms with Crippen molar-refractivity contribution >= 4 is 17.4 Å². The molecule has 0 saturated heterocycles. The van der Waals surface area contributed by atoms with E-state index >= 15 is 0 Å². The van der Waals surface area contributed by atoms with E-state index in [2.05, 4.69) is 25.5 Å². The zero-order valence-electron chi connectivity index (χ0n) is 12.4. The summed E-state index contributed by atoms with van der Waals surface area (Å²) in [5.74, 6) is 0.988. The number of fused-ring (bicyclic) bond motifs is 1. The van der Waals surface area contributed by atoms with Gasteiger partial charge in [-0.1, -0.05) is 12.1 Å². The van der Waals surface area contributed by atoms with Crippen molar-refractivity contribution in [1.29, 1.82) is 0 Å². The molecule has 3 N–H and O–H groups in total. The fourth-order valence-corrected chi connectivity index (χ4v) is 2.40. The summed E-state index contributed by atoms with van der Waals surface area (Å²) in [5.41, 5.74) is 1.14. The molecule has 120 valence electrons. The van der Waals surface area contributed by atoms with Crippen molar-refractivity contribution in [1.82, 2.24) is 24.6 Å². The Hall–Kier alpha value is -3.26. The Balaban J connectivity index is 1.76. The van der Waals surface area contributed by atoms with Crippen molar-refractivity contribution in [3.8, 4) is 0 Å². The molecule has 1 atom stereocenters. The molecule has 0 spiro atoms. The van der Waals surface area contributed by atoms with Gasteiger partial charge in [0.25, 0.3) is 0 Å². The van der Waals surface area contributed by atoms with E-state index in [1.807, 2.05) is 12.3 Å². The monoisotopic (exact) mass is 324 g/mol. The van der Waals surface area contributed by atoms with E-state index in [4.69, 9.17) is 0 Å². The third-order valence-corrected chi connectivity index (χ3v) is 3.58. The SMILES string of the molecule is OC(c1ccc(F)cc1)c1nc(Nc2ccn[nH]2)n2cccc2n1. The number of hydrogen-bond donors (Lipinski definition) is 3. The second-order valence-electron chi connectivity index (χ2n) is 5.19. The van der Waals surface area contributed by atoms with Crippen LogP contribution in [0.4, 0.5) is 16.2 Å². The second-order valence-corrected chi connectivity index (χ2v) is 5.19. The minimum absolute atomic E-state index is 0.217. The van der Waals surface area contributed by atoms with Crippen molar-refractivity contribution in [2.75, 3.05) is 5.32 Å². The van der Waals surface area contributed by atoms with Gasteiger partial charge in [0.1, 0.15) is 23.4 Å². The molecule has 7 nitrogen and oxygen atoms in total. The zero-order valence-corrected chi connectivity index (χ0v) is 12.4. The Morgan fingerprint density at radius 2 is 1.96 bits per heavy atom. The van der Waals surface area contributed by atoms with Gasteiger partial charge in [0.05, 0.1) is 6.20 Å². The van der Waals surface area contributed by atoms with Gasteiger partial charge in [-0.25, -0.2) is 9.37 Å². The van der Waals surface area contributed by atoms with Gasteiger partial charge in [-0.2, -0.15) is 10.1 Å². The minimum atomic E-state index is -1.06. The van der Waals surface area contributed by atoms with E-state index in [9.17, 15) is 9.50 Å². The lowest BCUT2D eigenvalue weighted by Crippen LogP contribution is -2.11. The number of aromatic amines is 1. The van der Waals surface area contributed by atoms with E-state index in [1.165, 1.54) is 24.3 Å². The Morgan fingerprint density at radius 3 is 2.71 bits per heavy atom. The maximum atomic E-state index is 13.1. The number of benzene rings is 1. The van der Waals surface area contributed by atoms with Gasteiger partial charge >= 0.3 is 0 Å². The van der Waals surface area contributed by atoms with Gasteiger partial charge in [0, 0.05) is 12.3 Å². The molecule has 0 fully saturated rings. The first-order valence-corrected chi connectivity index (χ1v) is 7.25. The van der Waals surface area contributed by atoms with E-state index < -0.39 is 6.10 Å². The predicted molar refractivity (Wildman–Crippen MR) is 85.3 cm³/mol. The number of aliphatic hydroxyl groups is 1. The molecule has 4 rings (SSSR count). The molecule has 0 aliphatic carbocycles. The lowest BCUT2D eigenvalue weighted by Gasteiger charge is -2.13. The summed E-state index contributed by atoms with van der Waals surface area (Å²) in [6.45, 7) is 0. The summed E-state index contributed by atoms with van der Waals surface area (Å²) in [6.07, 6.45) is 2.36. The van der Waals surface area contributed by atoms with E-state index in [0.29, 0.717) is 23.0 Å². The fraction of sp³-hybridized carbons (Fsp3) is 0.0625. The molecule has 0 saturated carbocycles. The molecule has 0 aliphatic rings. The number of aromatic nitrogens is 5. The summed E-state index contributed by atoms with van der Waals surface area (Å²) in [7, 11) is 0. The zero-order chi connectivity index (χ0) is 16.5. The number of aliphatic hydroxyl groups excluding tert-OH is 1. The fourth-order valence-electron chi connectivity index (χ4n) is 2.40. The Kier molecular flexibility index (Phi) is 3.43. The number of nitrogens with zero attached hydrogens (tertiary/aromatic N) is 4. The third kappa shape index (κ3) is 2.59. The van der Waals surface area contributed by atoms with E-state index in [-0.39, 0.29) is 11.6 Å². The molecule has 4 aromatic rings. The van der Waals surface area contributed by atoms with Crippen LogP contribution in [0.3, 0.4) is 0 Å². The van der Waals surface area contributed by atoms with Crippen LogP contribution >= 0.6 is 0 Å². The molecule has 0 bridgehead atoms. The normalized spacial score (nSPS) is 12.4. The van der Waals surface area contributed by atoms with Crippen molar-refractivity contribution < 1.29 is 9.50 Å². The third-order valence-electron chi connectivity index (χ3n) is 3.58. The van der Waals surface area contributed by atoms with Crippen LogP contribution in [-0.2, 0) is 0 Å². The van der Waals surface area contributed by atoms with Crippen LogP contribution in [0, 0.1) is 5.82 Å². The van der Waals surface area contributed by atoms with Crippen LogP contribution in [0.5, 0.6) is 0 Å². The minimum Gasteiger partial charge on any atom is -0.380 e. The largest absolute Gasteiger partial charge is 0.380 e. The van der Waals surface area contributed by atoms with Crippen LogP contribution in [0.2, 0.25) is 0 Å². The Bertz CT molecular complexity index is 964. The highest BCUT2D eigenvalue weighted by Gasteiger charge is 2.17. The van der Waals surface area contributed by atoms with Crippen LogP contribution in [-0.4, -0.2) is 29.7 Å². The number of hydrogen-bond acceptors (Lipinski definition) is 5. The number of nitrogens with one attached hydrogen (secondary N) is 2. The molecule has 3 aromatic heterocycles. The molecule has 24 heavy (non-hydrogen) atoms. The van der Waals surface area contributed by atoms with Gasteiger partial charge < -0.3 is 10.4 Å². The summed E-state index contributed by atoms with van der Waals surface area (Å²) >= 11 is 0. The molecule has 8 heteroatoms. The smallest absolute Gasteiger partial charge is 0.216 e. The molecule has 1 unspecified atom stereocenters. The maximum absolute atomic E-state index is 13.1. The first kappa shape index (κ1) is 14.3. The average molecular weight is 324 g/mol. The molecule has 0 aliphatic heterocycles. The lowest BCUT2D eigenvalue weighted by molar-refractivity contribution is 0.210. The molecule has 0 amide bonds. The topological polar surface area (TPSA) is 91.1 Å². The quantitative estimate of drug-likeness (QED) is 0.536. The van der Waals surface area contributed by atoms with E-state index in [0.717, 1.165) is 0 Å². The summed E-state index contributed by atoms with van der Waals surface area (Å²) in [5, 5.41) is 20.3. The van der Waals surface area contributed by atoms with Crippen molar-refractivity contribution in [3.05, 3.63) is 72.1 Å². The van der Waals surface area contributed by atoms with Gasteiger partial charge in [-0.05, 0) is 29.8 Å². The van der Waals surface area contributed by atoms with Crippen molar-refractivity contribution in [3.63, 3.8) is 0 Å². The van der Waals surface area contributed by atoms with Crippen molar-refractivity contribution in [2.24, 2.45) is 0 Å². The molecule has 0 radical (unpaired) electrons. The average Bonchev–Trinajstić information content (AvgIpc) is 3.26. The van der Waals surface area contributed by atoms with Gasteiger partial charge in [-0.15, -0.1) is 0 Å². The number of rotatable bonds is 4. The highest BCUT2D eigenvalue weighted by atomic mass is 19.1. The van der Waals surface area contributed by atoms with Gasteiger partial charge in [0.15, 0.2) is 5.82 Å². The molecule has 3 heterocycles. The van der Waals surface area contributed by atoms with Crippen LogP contribution in [0.25, 0.3) is 5.65 Å². The first-order chi connectivity index (χ1) is 11.7. The van der Waals surface area contributed by atoms with Crippen LogP contribution in [0.1, 0.15) is 17.5 Å². The first-order valence-electron chi connectivity index (χ1n) is 7.25. The second kappa shape index (κ2) is 5.74. The van der Waals surface area contributed by atoms with Gasteiger partial charge in [-0.3, -0.25) is 9.50 Å². The van der Waals surface area contributed by atoms with E-state index in [1.54, 1.807) is 22.7 Å². The molecule has 1 aromatic carbocycles. The standard InChI is InChI=1S/C16H13FN6O/c17-11-5-3-10(4-6-11)14(24)15-20-13-2-1-9-23(13)16(21-15)19-12-7-8-18-22-12/h1-9,14,24H,(H2,18,19,20,21,22). The molecular weight excluding hydrogens is 311 g/mol. The van der Waals surface area contributed by atoms with Crippen LogP contribution < -0.4 is 5.32 Å².